The lowest BCUT2D eigenvalue weighted by Gasteiger charge is -2.31. The average Bonchev–Trinajstić information content (AvgIpc) is 3.36. The molecule has 0 spiro atoms. The van der Waals surface area contributed by atoms with Crippen LogP contribution in [0.3, 0.4) is 0 Å². The maximum atomic E-state index is 13.2. The summed E-state index contributed by atoms with van der Waals surface area (Å²) in [6.45, 7) is 1.06. The Hall–Kier alpha value is -3.68. The molecule has 0 bridgehead atoms. The van der Waals surface area contributed by atoms with E-state index < -0.39 is 0 Å². The van der Waals surface area contributed by atoms with Gasteiger partial charge in [-0.15, -0.1) is 0 Å². The highest BCUT2D eigenvalue weighted by Gasteiger charge is 2.31. The van der Waals surface area contributed by atoms with Crippen molar-refractivity contribution in [2.75, 3.05) is 13.1 Å². The minimum Gasteiger partial charge on any atom is -0.462 e. The summed E-state index contributed by atoms with van der Waals surface area (Å²) >= 11 is 0. The molecule has 2 aliphatic heterocycles. The third-order valence-electron chi connectivity index (χ3n) is 5.95. The maximum Gasteiger partial charge on any atom is 0.292 e. The van der Waals surface area contributed by atoms with Crippen LogP contribution in [0.4, 0.5) is 4.39 Å². The SMILES string of the molecule is O=C(C1=COC(CC2=CC=CCC2)=CO1)N1CCCC(c2nc(-c3ccc(F)cc3)no2)C1. The standard InChI is InChI=1S/C25H24FN3O4/c26-20-10-8-18(9-11-20)23-27-24(33-28-23)19-7-4-12-29(14-19)25(30)22-16-31-21(15-32-22)13-17-5-2-1-3-6-17/h1-2,5,8-11,15-16,19H,3-4,6-7,12-14H2. The van der Waals surface area contributed by atoms with Gasteiger partial charge in [-0.05, 0) is 49.9 Å². The zero-order valence-electron chi connectivity index (χ0n) is 18.1. The van der Waals surface area contributed by atoms with E-state index in [4.69, 9.17) is 14.0 Å². The Bertz CT molecular complexity index is 1150. The van der Waals surface area contributed by atoms with Crippen molar-refractivity contribution in [3.8, 4) is 11.4 Å². The molecule has 1 aliphatic carbocycles. The van der Waals surface area contributed by atoms with E-state index in [1.807, 2.05) is 6.08 Å². The van der Waals surface area contributed by atoms with Crippen LogP contribution >= 0.6 is 0 Å². The molecule has 0 saturated carbocycles. The van der Waals surface area contributed by atoms with Gasteiger partial charge in [0.2, 0.25) is 17.5 Å². The highest BCUT2D eigenvalue weighted by molar-refractivity contribution is 5.91. The van der Waals surface area contributed by atoms with Crippen molar-refractivity contribution in [1.82, 2.24) is 15.0 Å². The Kier molecular flexibility index (Phi) is 6.06. The molecule has 0 radical (unpaired) electrons. The molecule has 1 aromatic carbocycles. The molecular formula is C25H24FN3O4. The van der Waals surface area contributed by atoms with Crippen LogP contribution in [0.15, 0.2) is 76.6 Å². The zero-order valence-corrected chi connectivity index (χ0v) is 18.1. The minimum absolute atomic E-state index is 0.0769. The van der Waals surface area contributed by atoms with Crippen molar-refractivity contribution >= 4 is 5.91 Å². The summed E-state index contributed by atoms with van der Waals surface area (Å²) < 4.78 is 29.9. The molecule has 1 amide bonds. The maximum absolute atomic E-state index is 13.2. The topological polar surface area (TPSA) is 77.7 Å². The molecule has 1 saturated heterocycles. The largest absolute Gasteiger partial charge is 0.462 e. The van der Waals surface area contributed by atoms with Crippen molar-refractivity contribution in [1.29, 1.82) is 0 Å². The molecule has 3 aliphatic rings. The van der Waals surface area contributed by atoms with E-state index in [1.54, 1.807) is 17.0 Å². The molecule has 33 heavy (non-hydrogen) atoms. The van der Waals surface area contributed by atoms with Crippen LogP contribution in [0.1, 0.15) is 43.9 Å². The Morgan fingerprint density at radius 3 is 2.82 bits per heavy atom. The fourth-order valence-electron chi connectivity index (χ4n) is 4.16. The number of hydrogen-bond acceptors (Lipinski definition) is 6. The van der Waals surface area contributed by atoms with E-state index in [0.717, 1.165) is 25.7 Å². The second kappa shape index (κ2) is 9.44. The molecule has 170 valence electrons. The van der Waals surface area contributed by atoms with Crippen LogP contribution in [0.2, 0.25) is 0 Å². The first-order valence-corrected chi connectivity index (χ1v) is 11.1. The van der Waals surface area contributed by atoms with Gasteiger partial charge in [0.25, 0.3) is 5.91 Å². The van der Waals surface area contributed by atoms with Gasteiger partial charge in [0.05, 0.1) is 5.92 Å². The lowest BCUT2D eigenvalue weighted by molar-refractivity contribution is -0.131. The summed E-state index contributed by atoms with van der Waals surface area (Å²) in [5, 5.41) is 4.02. The number of allylic oxidation sites excluding steroid dienone is 4. The van der Waals surface area contributed by atoms with Gasteiger partial charge in [0, 0.05) is 25.1 Å². The van der Waals surface area contributed by atoms with E-state index >= 15 is 0 Å². The molecule has 8 heteroatoms. The lowest BCUT2D eigenvalue weighted by Crippen LogP contribution is -2.40. The monoisotopic (exact) mass is 449 g/mol. The van der Waals surface area contributed by atoms with Gasteiger partial charge in [-0.1, -0.05) is 29.0 Å². The lowest BCUT2D eigenvalue weighted by atomic mass is 9.97. The number of rotatable bonds is 5. The normalized spacial score (nSPS) is 20.3. The quantitative estimate of drug-likeness (QED) is 0.641. The second-order valence-electron chi connectivity index (χ2n) is 8.32. The summed E-state index contributed by atoms with van der Waals surface area (Å²) in [4.78, 5) is 19.2. The van der Waals surface area contributed by atoms with Gasteiger partial charge in [-0.25, -0.2) is 4.39 Å². The Morgan fingerprint density at radius 2 is 2.06 bits per heavy atom. The predicted octanol–water partition coefficient (Wildman–Crippen LogP) is 4.98. The smallest absolute Gasteiger partial charge is 0.292 e. The van der Waals surface area contributed by atoms with E-state index in [2.05, 4.69) is 22.3 Å². The van der Waals surface area contributed by atoms with Crippen molar-refractivity contribution in [2.24, 2.45) is 0 Å². The highest BCUT2D eigenvalue weighted by Crippen LogP contribution is 2.30. The minimum atomic E-state index is -0.322. The highest BCUT2D eigenvalue weighted by atomic mass is 19.1. The van der Waals surface area contributed by atoms with Gasteiger partial charge in [0.1, 0.15) is 24.1 Å². The third kappa shape index (κ3) is 4.89. The van der Waals surface area contributed by atoms with Gasteiger partial charge < -0.3 is 18.9 Å². The Morgan fingerprint density at radius 1 is 1.18 bits per heavy atom. The summed E-state index contributed by atoms with van der Waals surface area (Å²) in [6, 6.07) is 5.93. The molecule has 1 unspecified atom stereocenters. The second-order valence-corrected chi connectivity index (χ2v) is 8.32. The number of likely N-dealkylation sites (tertiary alicyclic amines) is 1. The van der Waals surface area contributed by atoms with E-state index in [-0.39, 0.29) is 23.4 Å². The fraction of sp³-hybridized carbons (Fsp3) is 0.320. The first-order chi connectivity index (χ1) is 16.2. The number of halogens is 1. The average molecular weight is 449 g/mol. The third-order valence-corrected chi connectivity index (χ3v) is 5.95. The van der Waals surface area contributed by atoms with E-state index in [0.29, 0.717) is 42.5 Å². The van der Waals surface area contributed by atoms with E-state index in [1.165, 1.54) is 30.2 Å². The van der Waals surface area contributed by atoms with Crippen LogP contribution in [0.25, 0.3) is 11.4 Å². The number of aromatic nitrogens is 2. The van der Waals surface area contributed by atoms with E-state index in [9.17, 15) is 9.18 Å². The molecule has 1 atom stereocenters. The predicted molar refractivity (Wildman–Crippen MR) is 118 cm³/mol. The summed E-state index contributed by atoms with van der Waals surface area (Å²) in [5.74, 6) is 1.09. The molecule has 2 aromatic rings. The van der Waals surface area contributed by atoms with Gasteiger partial charge in [0.15, 0.2) is 0 Å². The van der Waals surface area contributed by atoms with Crippen molar-refractivity contribution in [2.45, 2.75) is 38.0 Å². The fourth-order valence-corrected chi connectivity index (χ4v) is 4.16. The number of piperidine rings is 1. The van der Waals surface area contributed by atoms with Crippen molar-refractivity contribution in [3.05, 3.63) is 83.8 Å². The summed E-state index contributed by atoms with van der Waals surface area (Å²) in [7, 11) is 0. The number of carbonyl (C=O) groups excluding carboxylic acids is 1. The Balaban J connectivity index is 1.20. The zero-order chi connectivity index (χ0) is 22.6. The molecule has 0 N–H and O–H groups in total. The van der Waals surface area contributed by atoms with Crippen LogP contribution in [-0.2, 0) is 14.3 Å². The number of benzene rings is 1. The number of carbonyl (C=O) groups is 1. The number of amides is 1. The number of hydrogen-bond donors (Lipinski definition) is 0. The number of nitrogens with zero attached hydrogens (tertiary/aromatic N) is 3. The van der Waals surface area contributed by atoms with Crippen molar-refractivity contribution in [3.63, 3.8) is 0 Å². The van der Waals surface area contributed by atoms with Crippen molar-refractivity contribution < 1.29 is 23.2 Å². The molecule has 5 rings (SSSR count). The summed E-state index contributed by atoms with van der Waals surface area (Å²) in [5.41, 5.74) is 1.95. The molecule has 3 heterocycles. The van der Waals surface area contributed by atoms with Gasteiger partial charge >= 0.3 is 0 Å². The first-order valence-electron chi connectivity index (χ1n) is 11.1. The Labute approximate surface area is 190 Å². The molecule has 1 aromatic heterocycles. The summed E-state index contributed by atoms with van der Waals surface area (Å²) in [6.07, 6.45) is 13.5. The molecule has 7 nitrogen and oxygen atoms in total. The van der Waals surface area contributed by atoms with Crippen LogP contribution < -0.4 is 0 Å². The van der Waals surface area contributed by atoms with Gasteiger partial charge in [-0.2, -0.15) is 4.98 Å². The molecular weight excluding hydrogens is 425 g/mol. The van der Waals surface area contributed by atoms with Crippen LogP contribution in [-0.4, -0.2) is 34.0 Å². The number of ether oxygens (including phenoxy) is 2. The molecule has 1 fully saturated rings. The van der Waals surface area contributed by atoms with Crippen LogP contribution in [0.5, 0.6) is 0 Å². The van der Waals surface area contributed by atoms with Gasteiger partial charge in [-0.3, -0.25) is 4.79 Å². The first kappa shape index (κ1) is 21.2. The van der Waals surface area contributed by atoms with Crippen LogP contribution in [0, 0.1) is 5.82 Å².